The van der Waals surface area contributed by atoms with Gasteiger partial charge in [0.15, 0.2) is 11.5 Å². The zero-order valence-electron chi connectivity index (χ0n) is 26.1. The van der Waals surface area contributed by atoms with Crippen LogP contribution in [0.15, 0.2) is 107 Å². The average molecular weight is 687 g/mol. The van der Waals surface area contributed by atoms with Crippen LogP contribution in [0.1, 0.15) is 42.1 Å². The molecule has 0 saturated carbocycles. The van der Waals surface area contributed by atoms with Gasteiger partial charge in [0.05, 0.1) is 12.2 Å². The zero-order chi connectivity index (χ0) is 32.9. The lowest BCUT2D eigenvalue weighted by molar-refractivity contribution is -0.113. The van der Waals surface area contributed by atoms with E-state index in [4.69, 9.17) is 42.8 Å². The van der Waals surface area contributed by atoms with Crippen LogP contribution in [-0.4, -0.2) is 27.3 Å². The van der Waals surface area contributed by atoms with Crippen molar-refractivity contribution < 1.29 is 14.3 Å². The first-order valence-corrected chi connectivity index (χ1v) is 16.9. The van der Waals surface area contributed by atoms with Crippen LogP contribution in [-0.2, 0) is 17.2 Å². The highest BCUT2D eigenvalue weighted by molar-refractivity contribution is 7.98. The molecule has 2 heterocycles. The number of carbonyl (C=O) groups is 1. The van der Waals surface area contributed by atoms with Crippen molar-refractivity contribution in [1.29, 1.82) is 0 Å². The summed E-state index contributed by atoms with van der Waals surface area (Å²) in [6.45, 7) is 6.53. The van der Waals surface area contributed by atoms with Crippen molar-refractivity contribution in [2.45, 2.75) is 44.3 Å². The monoisotopic (exact) mass is 685 g/mol. The minimum Gasteiger partial charge on any atom is -0.490 e. The molecule has 240 valence electrons. The van der Waals surface area contributed by atoms with E-state index in [1.165, 1.54) is 11.8 Å². The van der Waals surface area contributed by atoms with Gasteiger partial charge in [-0.05, 0) is 79.4 Å². The zero-order valence-corrected chi connectivity index (χ0v) is 28.4. The van der Waals surface area contributed by atoms with Gasteiger partial charge < -0.3 is 20.1 Å². The molecule has 2 N–H and O–H groups in total. The number of aryl methyl sites for hydroxylation is 1. The molecule has 0 spiro atoms. The van der Waals surface area contributed by atoms with Gasteiger partial charge in [-0.15, -0.1) is 5.10 Å². The van der Waals surface area contributed by atoms with Crippen LogP contribution in [0.3, 0.4) is 0 Å². The molecule has 1 atom stereocenters. The van der Waals surface area contributed by atoms with Gasteiger partial charge in [-0.1, -0.05) is 89.6 Å². The van der Waals surface area contributed by atoms with Crippen LogP contribution in [0, 0.1) is 6.92 Å². The number of amides is 1. The first-order valence-electron chi connectivity index (χ1n) is 15.1. The second kappa shape index (κ2) is 14.5. The Labute approximate surface area is 288 Å². The number of carbonyl (C=O) groups excluding carboxylic acids is 1. The molecule has 1 aliphatic heterocycles. The first-order chi connectivity index (χ1) is 22.8. The van der Waals surface area contributed by atoms with Gasteiger partial charge in [0, 0.05) is 27.2 Å². The van der Waals surface area contributed by atoms with E-state index >= 15 is 0 Å². The lowest BCUT2D eigenvalue weighted by Gasteiger charge is -2.29. The molecule has 6 rings (SSSR count). The van der Waals surface area contributed by atoms with Gasteiger partial charge >= 0.3 is 0 Å². The number of thioether (sulfide) groups is 1. The third-order valence-corrected chi connectivity index (χ3v) is 9.18. The van der Waals surface area contributed by atoms with Gasteiger partial charge in [0.25, 0.3) is 5.91 Å². The van der Waals surface area contributed by atoms with Crippen LogP contribution < -0.4 is 20.1 Å². The Bertz CT molecular complexity index is 1940. The number of fused-ring (bicyclic) bond motifs is 1. The summed E-state index contributed by atoms with van der Waals surface area (Å²) in [6, 6.07) is 28.0. The Morgan fingerprint density at radius 1 is 0.957 bits per heavy atom. The lowest BCUT2D eigenvalue weighted by atomic mass is 9.94. The number of allylic oxidation sites excluding steroid dienone is 1. The molecular weight excluding hydrogens is 653 g/mol. The fourth-order valence-corrected chi connectivity index (χ4v) is 6.52. The fraction of sp³-hybridized carbons (Fsp3) is 0.194. The van der Waals surface area contributed by atoms with Gasteiger partial charge in [0.2, 0.25) is 11.1 Å². The molecule has 4 aromatic carbocycles. The number of ether oxygens (including phenoxy) is 2. The largest absolute Gasteiger partial charge is 0.490 e. The number of nitrogens with one attached hydrogen (secondary N) is 2. The molecule has 11 heteroatoms. The van der Waals surface area contributed by atoms with Gasteiger partial charge in [-0.25, -0.2) is 4.68 Å². The number of para-hydroxylation sites is 1. The van der Waals surface area contributed by atoms with E-state index in [0.717, 1.165) is 27.9 Å². The summed E-state index contributed by atoms with van der Waals surface area (Å²) < 4.78 is 14.0. The number of aromatic nitrogens is 3. The normalized spacial score (nSPS) is 13.9. The molecule has 0 fully saturated rings. The minimum absolute atomic E-state index is 0.248. The van der Waals surface area contributed by atoms with Gasteiger partial charge in [-0.3, -0.25) is 4.79 Å². The minimum atomic E-state index is -0.609. The molecule has 1 amide bonds. The number of hydrogen-bond donors (Lipinski definition) is 2. The molecule has 1 aliphatic rings. The van der Waals surface area contributed by atoms with E-state index in [-0.39, 0.29) is 5.91 Å². The molecular formula is C36H33Cl2N5O3S. The molecule has 8 nitrogen and oxygen atoms in total. The maximum atomic E-state index is 14.1. The third kappa shape index (κ3) is 7.43. The maximum absolute atomic E-state index is 14.1. The van der Waals surface area contributed by atoms with Crippen LogP contribution in [0.2, 0.25) is 10.0 Å². The highest BCUT2D eigenvalue weighted by atomic mass is 35.5. The summed E-state index contributed by atoms with van der Waals surface area (Å²) in [5.74, 6) is 2.02. The van der Waals surface area contributed by atoms with E-state index in [1.54, 1.807) is 4.68 Å². The Morgan fingerprint density at radius 3 is 2.49 bits per heavy atom. The summed E-state index contributed by atoms with van der Waals surface area (Å²) in [7, 11) is 0. The molecule has 0 radical (unpaired) electrons. The van der Waals surface area contributed by atoms with E-state index < -0.39 is 6.04 Å². The Kier molecular flexibility index (Phi) is 10.1. The Hall–Kier alpha value is -4.44. The number of hydrogen-bond acceptors (Lipinski definition) is 7. The van der Waals surface area contributed by atoms with Crippen LogP contribution >= 0.6 is 35.0 Å². The van der Waals surface area contributed by atoms with Crippen molar-refractivity contribution >= 4 is 52.5 Å². The Morgan fingerprint density at radius 2 is 1.72 bits per heavy atom. The summed E-state index contributed by atoms with van der Waals surface area (Å²) in [5, 5.41) is 13.2. The van der Waals surface area contributed by atoms with E-state index in [2.05, 4.69) is 10.6 Å². The molecule has 0 bridgehead atoms. The summed E-state index contributed by atoms with van der Waals surface area (Å²) in [6.07, 6.45) is 0. The first kappa shape index (κ1) is 32.5. The summed E-state index contributed by atoms with van der Waals surface area (Å²) in [4.78, 5) is 18.9. The second-order valence-corrected chi connectivity index (χ2v) is 12.7. The molecule has 5 aromatic rings. The highest BCUT2D eigenvalue weighted by Gasteiger charge is 2.35. The maximum Gasteiger partial charge on any atom is 0.255 e. The lowest BCUT2D eigenvalue weighted by Crippen LogP contribution is -2.31. The standard InChI is InChI=1S/C36H33Cl2N5O3S/c1-4-45-31-19-25(15-18-30(31)46-20-24-13-16-27(37)17-14-24)33-32(34(44)40-29-12-8-5-9-22(29)2)23(3)39-35-41-36(42-43(33)35)47-21-26-10-6-7-11-28(26)38/h5-19,33H,4,20-21H2,1-3H3,(H,40,44)(H,39,41,42). The Balaban J connectivity index is 1.36. The number of rotatable bonds is 11. The topological polar surface area (TPSA) is 90.3 Å². The van der Waals surface area contributed by atoms with Crippen molar-refractivity contribution in [3.63, 3.8) is 0 Å². The SMILES string of the molecule is CCOc1cc(C2C(C(=O)Nc3ccccc3C)=C(C)Nc3nc(SCc4ccccc4Cl)nn32)ccc1OCc1ccc(Cl)cc1. The molecule has 0 saturated heterocycles. The number of anilines is 2. The molecule has 1 unspecified atom stereocenters. The quantitative estimate of drug-likeness (QED) is 0.134. The number of nitrogens with zero attached hydrogens (tertiary/aromatic N) is 3. The van der Waals surface area contributed by atoms with E-state index in [1.807, 2.05) is 112 Å². The van der Waals surface area contributed by atoms with Crippen molar-refractivity contribution in [3.05, 3.63) is 135 Å². The number of halogens is 2. The average Bonchev–Trinajstić information content (AvgIpc) is 3.47. The van der Waals surface area contributed by atoms with Crippen LogP contribution in [0.4, 0.5) is 11.6 Å². The highest BCUT2D eigenvalue weighted by Crippen LogP contribution is 2.40. The molecule has 0 aliphatic carbocycles. The van der Waals surface area contributed by atoms with Gasteiger partial charge in [-0.2, -0.15) is 4.98 Å². The fourth-order valence-electron chi connectivity index (χ4n) is 5.28. The third-order valence-electron chi connectivity index (χ3n) is 7.68. The van der Waals surface area contributed by atoms with Crippen LogP contribution in [0.25, 0.3) is 0 Å². The molecule has 47 heavy (non-hydrogen) atoms. The summed E-state index contributed by atoms with van der Waals surface area (Å²) >= 11 is 13.9. The number of benzene rings is 4. The van der Waals surface area contributed by atoms with Crippen molar-refractivity contribution in [2.24, 2.45) is 0 Å². The van der Waals surface area contributed by atoms with Gasteiger partial charge in [0.1, 0.15) is 12.6 Å². The van der Waals surface area contributed by atoms with E-state index in [0.29, 0.717) is 62.9 Å². The van der Waals surface area contributed by atoms with Crippen molar-refractivity contribution in [2.75, 3.05) is 17.2 Å². The van der Waals surface area contributed by atoms with Crippen molar-refractivity contribution in [1.82, 2.24) is 14.8 Å². The van der Waals surface area contributed by atoms with Crippen LogP contribution in [0.5, 0.6) is 11.5 Å². The molecule has 1 aromatic heterocycles. The van der Waals surface area contributed by atoms with Crippen molar-refractivity contribution in [3.8, 4) is 11.5 Å². The predicted molar refractivity (Wildman–Crippen MR) is 189 cm³/mol. The smallest absolute Gasteiger partial charge is 0.255 e. The van der Waals surface area contributed by atoms with E-state index in [9.17, 15) is 4.79 Å². The predicted octanol–water partition coefficient (Wildman–Crippen LogP) is 9.09. The summed E-state index contributed by atoms with van der Waals surface area (Å²) in [5.41, 5.74) is 5.62. The second-order valence-electron chi connectivity index (χ2n) is 10.9.